The maximum absolute atomic E-state index is 14.5. The summed E-state index contributed by atoms with van der Waals surface area (Å²) in [7, 11) is 0. The Hall–Kier alpha value is -5.41. The van der Waals surface area contributed by atoms with E-state index in [-0.39, 0.29) is 12.1 Å². The highest BCUT2D eigenvalue weighted by atomic mass is 16.6. The highest BCUT2D eigenvalue weighted by molar-refractivity contribution is 6.25. The number of nitrogens with zero attached hydrogens (tertiary/aromatic N) is 2. The average molecular weight is 630 g/mol. The van der Waals surface area contributed by atoms with Gasteiger partial charge in [-0.2, -0.15) is 0 Å². The van der Waals surface area contributed by atoms with Crippen LogP contribution in [0, 0.1) is 22.0 Å². The Morgan fingerprint density at radius 2 is 1.45 bits per heavy atom. The molecule has 4 aromatic carbocycles. The first-order valence-electron chi connectivity index (χ1n) is 15.7. The average Bonchev–Trinajstić information content (AvgIpc) is 3.57. The number of nitro benzene ring substituents is 1. The third-order valence-corrected chi connectivity index (χ3v) is 9.42. The van der Waals surface area contributed by atoms with Crippen molar-refractivity contribution >= 4 is 41.3 Å². The molecule has 2 aliphatic rings. The zero-order valence-electron chi connectivity index (χ0n) is 26.1. The quantitative estimate of drug-likeness (QED) is 0.0898. The van der Waals surface area contributed by atoms with E-state index >= 15 is 0 Å². The van der Waals surface area contributed by atoms with E-state index in [0.29, 0.717) is 29.7 Å². The van der Waals surface area contributed by atoms with E-state index in [1.165, 1.54) is 29.2 Å². The maximum atomic E-state index is 14.5. The standard InChI is InChI=1S/C38H35N3O6/c1-3-27-11-8-12-28(4-2)34(27)40-35(42)31-32(36(40)43)38(37(44)45,23-26-17-21-30(22-18-26)41(46)47)39-33(31)29-19-15-25(16-20-29)14-13-24-9-6-5-7-10-24/h5-22,31-33,39H,3-4,23H2,1-2H3,(H,44,45). The number of para-hydroxylation sites is 1. The SMILES string of the molecule is CCc1cccc(CC)c1N1C(=O)C2C(c3ccc(C=Cc4ccccc4)cc3)NC(Cc3ccc([N+](=O)[O-])cc3)(C(=O)O)C2C1=O. The number of rotatable bonds is 10. The highest BCUT2D eigenvalue weighted by Gasteiger charge is 2.68. The van der Waals surface area contributed by atoms with Gasteiger partial charge in [-0.15, -0.1) is 0 Å². The molecule has 6 rings (SSSR count). The fourth-order valence-corrected chi connectivity index (χ4v) is 7.08. The zero-order valence-corrected chi connectivity index (χ0v) is 26.1. The number of amides is 2. The number of nitrogens with one attached hydrogen (secondary N) is 1. The van der Waals surface area contributed by atoms with Crippen LogP contribution in [0.25, 0.3) is 12.2 Å². The Morgan fingerprint density at radius 3 is 2.00 bits per heavy atom. The summed E-state index contributed by atoms with van der Waals surface area (Å²) in [5.41, 5.74) is 3.37. The van der Waals surface area contributed by atoms with Crippen LogP contribution in [0.15, 0.2) is 97.1 Å². The second kappa shape index (κ2) is 12.8. The summed E-state index contributed by atoms with van der Waals surface area (Å²) in [4.78, 5) is 54.4. The number of hydrogen-bond donors (Lipinski definition) is 2. The predicted molar refractivity (Wildman–Crippen MR) is 180 cm³/mol. The first kappa shape index (κ1) is 31.6. The van der Waals surface area contributed by atoms with Crippen molar-refractivity contribution in [1.82, 2.24) is 5.32 Å². The van der Waals surface area contributed by atoms with Crippen LogP contribution in [0.4, 0.5) is 11.4 Å². The molecular formula is C38H35N3O6. The molecule has 4 aromatic rings. The minimum Gasteiger partial charge on any atom is -0.480 e. The number of carbonyl (C=O) groups excluding carboxylic acids is 2. The fourth-order valence-electron chi connectivity index (χ4n) is 7.08. The number of carbonyl (C=O) groups is 3. The lowest BCUT2D eigenvalue weighted by atomic mass is 9.76. The predicted octanol–water partition coefficient (Wildman–Crippen LogP) is 6.41. The van der Waals surface area contributed by atoms with Crippen LogP contribution in [0.5, 0.6) is 0 Å². The van der Waals surface area contributed by atoms with E-state index in [1.807, 2.05) is 98.8 Å². The molecule has 2 fully saturated rings. The Morgan fingerprint density at radius 1 is 0.851 bits per heavy atom. The van der Waals surface area contributed by atoms with E-state index in [0.717, 1.165) is 22.3 Å². The van der Waals surface area contributed by atoms with Crippen LogP contribution in [0.1, 0.15) is 53.3 Å². The molecule has 47 heavy (non-hydrogen) atoms. The summed E-state index contributed by atoms with van der Waals surface area (Å²) in [6.07, 6.45) is 4.98. The van der Waals surface area contributed by atoms with Crippen LogP contribution in [-0.2, 0) is 33.6 Å². The summed E-state index contributed by atoms with van der Waals surface area (Å²) in [5.74, 6) is -4.47. The number of carboxylic acids is 1. The van der Waals surface area contributed by atoms with Gasteiger partial charge in [0.1, 0.15) is 5.54 Å². The monoisotopic (exact) mass is 629 g/mol. The molecule has 2 aliphatic heterocycles. The second-order valence-corrected chi connectivity index (χ2v) is 12.1. The van der Waals surface area contributed by atoms with Crippen LogP contribution < -0.4 is 10.2 Å². The lowest BCUT2D eigenvalue weighted by Gasteiger charge is -2.32. The number of aryl methyl sites for hydroxylation is 2. The van der Waals surface area contributed by atoms with E-state index in [4.69, 9.17) is 0 Å². The number of benzene rings is 4. The third-order valence-electron chi connectivity index (χ3n) is 9.42. The lowest BCUT2D eigenvalue weighted by Crippen LogP contribution is -2.57. The normalized spacial score (nSPS) is 22.2. The molecule has 4 atom stereocenters. The summed E-state index contributed by atoms with van der Waals surface area (Å²) >= 11 is 0. The first-order valence-corrected chi connectivity index (χ1v) is 15.7. The Bertz CT molecular complexity index is 1850. The molecule has 238 valence electrons. The van der Waals surface area contributed by atoms with Crippen molar-refractivity contribution < 1.29 is 24.4 Å². The largest absolute Gasteiger partial charge is 0.480 e. The van der Waals surface area contributed by atoms with Crippen LogP contribution >= 0.6 is 0 Å². The fraction of sp³-hybridized carbons (Fsp3) is 0.237. The van der Waals surface area contributed by atoms with Crippen LogP contribution in [0.2, 0.25) is 0 Å². The topological polar surface area (TPSA) is 130 Å². The van der Waals surface area contributed by atoms with Crippen molar-refractivity contribution in [2.45, 2.75) is 44.7 Å². The molecule has 4 unspecified atom stereocenters. The van der Waals surface area contributed by atoms with Crippen LogP contribution in [-0.4, -0.2) is 33.4 Å². The molecule has 2 heterocycles. The summed E-state index contributed by atoms with van der Waals surface area (Å²) in [6, 6.07) is 27.9. The molecule has 0 saturated carbocycles. The molecule has 0 spiro atoms. The number of aliphatic carboxylic acids is 1. The van der Waals surface area contributed by atoms with Crippen LogP contribution in [0.3, 0.4) is 0 Å². The van der Waals surface area contributed by atoms with Gasteiger partial charge < -0.3 is 5.11 Å². The third kappa shape index (κ3) is 5.63. The maximum Gasteiger partial charge on any atom is 0.325 e. The first-order chi connectivity index (χ1) is 22.7. The zero-order chi connectivity index (χ0) is 33.3. The highest BCUT2D eigenvalue weighted by Crippen LogP contribution is 2.51. The number of hydrogen-bond acceptors (Lipinski definition) is 6. The molecule has 2 N–H and O–H groups in total. The molecule has 0 radical (unpaired) electrons. The van der Waals surface area contributed by atoms with E-state index in [2.05, 4.69) is 5.32 Å². The van der Waals surface area contributed by atoms with Gasteiger partial charge in [0.15, 0.2) is 0 Å². The Kier molecular flexibility index (Phi) is 8.58. The van der Waals surface area contributed by atoms with Crippen molar-refractivity contribution in [3.8, 4) is 0 Å². The lowest BCUT2D eigenvalue weighted by molar-refractivity contribution is -0.384. The molecule has 0 aromatic heterocycles. The van der Waals surface area contributed by atoms with Crippen molar-refractivity contribution in [3.63, 3.8) is 0 Å². The number of fused-ring (bicyclic) bond motifs is 1. The minimum absolute atomic E-state index is 0.128. The summed E-state index contributed by atoms with van der Waals surface area (Å²) < 4.78 is 0. The van der Waals surface area contributed by atoms with Crippen molar-refractivity contribution in [2.75, 3.05) is 4.90 Å². The second-order valence-electron chi connectivity index (χ2n) is 12.1. The Labute approximate surface area is 272 Å². The van der Waals surface area contributed by atoms with Gasteiger partial charge in [0.2, 0.25) is 11.8 Å². The van der Waals surface area contributed by atoms with Crippen molar-refractivity contribution in [2.24, 2.45) is 11.8 Å². The number of non-ortho nitro benzene ring substituents is 1. The smallest absolute Gasteiger partial charge is 0.325 e. The van der Waals surface area contributed by atoms with Gasteiger partial charge in [-0.05, 0) is 46.2 Å². The van der Waals surface area contributed by atoms with Gasteiger partial charge in [-0.25, -0.2) is 4.90 Å². The van der Waals surface area contributed by atoms with Gasteiger partial charge in [-0.3, -0.25) is 29.8 Å². The van der Waals surface area contributed by atoms with Gasteiger partial charge in [-0.1, -0.05) is 111 Å². The van der Waals surface area contributed by atoms with Crippen molar-refractivity contribution in [3.05, 3.63) is 141 Å². The van der Waals surface area contributed by atoms with Gasteiger partial charge in [0.25, 0.3) is 5.69 Å². The molecule has 0 aliphatic carbocycles. The van der Waals surface area contributed by atoms with E-state index in [1.54, 1.807) is 0 Å². The van der Waals surface area contributed by atoms with Gasteiger partial charge in [0.05, 0.1) is 22.4 Å². The molecule has 9 heteroatoms. The van der Waals surface area contributed by atoms with Gasteiger partial charge >= 0.3 is 5.97 Å². The van der Waals surface area contributed by atoms with E-state index in [9.17, 15) is 29.6 Å². The minimum atomic E-state index is -1.85. The molecule has 2 saturated heterocycles. The number of carboxylic acid groups (broad SMARTS) is 1. The molecule has 2 amide bonds. The van der Waals surface area contributed by atoms with Crippen molar-refractivity contribution in [1.29, 1.82) is 0 Å². The number of imide groups is 1. The molecule has 9 nitrogen and oxygen atoms in total. The Balaban J connectivity index is 1.44. The summed E-state index contributed by atoms with van der Waals surface area (Å²) in [5, 5.41) is 25.4. The van der Waals surface area contributed by atoms with E-state index < -0.39 is 46.1 Å². The number of anilines is 1. The summed E-state index contributed by atoms with van der Waals surface area (Å²) in [6.45, 7) is 3.91. The van der Waals surface area contributed by atoms with Gasteiger partial charge in [0, 0.05) is 24.6 Å². The molecule has 0 bridgehead atoms. The molecular weight excluding hydrogens is 594 g/mol. The number of nitro groups is 1.